The highest BCUT2D eigenvalue weighted by Crippen LogP contribution is 2.18. The highest BCUT2D eigenvalue weighted by atomic mass is 79.9. The van der Waals surface area contributed by atoms with Crippen LogP contribution < -0.4 is 0 Å². The zero-order valence-electron chi connectivity index (χ0n) is 8.49. The topological polar surface area (TPSA) is 35.5 Å². The van der Waals surface area contributed by atoms with Gasteiger partial charge >= 0.3 is 5.97 Å². The van der Waals surface area contributed by atoms with Gasteiger partial charge in [-0.25, -0.2) is 4.79 Å². The largest absolute Gasteiger partial charge is 0.504 e. The number of rotatable bonds is 3. The minimum Gasteiger partial charge on any atom is -0.504 e. The molecule has 0 aromatic heterocycles. The first kappa shape index (κ1) is 11.8. The molecule has 0 fully saturated rings. The van der Waals surface area contributed by atoms with Crippen LogP contribution in [0.1, 0.15) is 15.9 Å². The predicted molar refractivity (Wildman–Crippen MR) is 61.5 cm³/mol. The van der Waals surface area contributed by atoms with Crippen molar-refractivity contribution >= 4 is 28.0 Å². The Labute approximate surface area is 96.8 Å². The molecule has 15 heavy (non-hydrogen) atoms. The number of ether oxygens (including phenoxy) is 2. The van der Waals surface area contributed by atoms with Gasteiger partial charge in [0.25, 0.3) is 0 Å². The van der Waals surface area contributed by atoms with Crippen LogP contribution in [0.3, 0.4) is 0 Å². The number of halogens is 1. The molecule has 0 unspecified atom stereocenters. The summed E-state index contributed by atoms with van der Waals surface area (Å²) >= 11 is 3.30. The van der Waals surface area contributed by atoms with E-state index in [4.69, 9.17) is 4.74 Å². The lowest BCUT2D eigenvalue weighted by molar-refractivity contribution is 0.0600. The van der Waals surface area contributed by atoms with Gasteiger partial charge in [-0.2, -0.15) is 0 Å². The minimum absolute atomic E-state index is 0.368. The van der Waals surface area contributed by atoms with Crippen molar-refractivity contribution < 1.29 is 14.3 Å². The van der Waals surface area contributed by atoms with Crippen LogP contribution in [-0.2, 0) is 9.47 Å². The summed E-state index contributed by atoms with van der Waals surface area (Å²) in [7, 11) is 2.90. The van der Waals surface area contributed by atoms with E-state index in [0.29, 0.717) is 5.56 Å². The lowest BCUT2D eigenvalue weighted by Crippen LogP contribution is -2.03. The zero-order valence-corrected chi connectivity index (χ0v) is 10.1. The van der Waals surface area contributed by atoms with E-state index in [1.54, 1.807) is 19.3 Å². The van der Waals surface area contributed by atoms with Crippen molar-refractivity contribution in [3.8, 4) is 0 Å². The van der Waals surface area contributed by atoms with Crippen LogP contribution in [0.2, 0.25) is 0 Å². The fourth-order valence-electron chi connectivity index (χ4n) is 1.10. The Morgan fingerprint density at radius 3 is 2.73 bits per heavy atom. The zero-order chi connectivity index (χ0) is 11.3. The second-order valence-corrected chi connectivity index (χ2v) is 3.68. The summed E-state index contributed by atoms with van der Waals surface area (Å²) in [6.45, 7) is 0. The third kappa shape index (κ3) is 3.09. The molecule has 0 saturated carbocycles. The fourth-order valence-corrected chi connectivity index (χ4v) is 1.46. The molecule has 3 nitrogen and oxygen atoms in total. The van der Waals surface area contributed by atoms with Crippen molar-refractivity contribution in [1.29, 1.82) is 0 Å². The SMILES string of the molecule is CO/C=C/c1ccc(Br)cc1C(=O)OC. The number of carbonyl (C=O) groups is 1. The number of carbonyl (C=O) groups excluding carboxylic acids is 1. The van der Waals surface area contributed by atoms with E-state index in [9.17, 15) is 4.79 Å². The summed E-state index contributed by atoms with van der Waals surface area (Å²) < 4.78 is 10.3. The minimum atomic E-state index is -0.368. The molecule has 0 aliphatic heterocycles. The van der Waals surface area contributed by atoms with Crippen molar-refractivity contribution in [2.24, 2.45) is 0 Å². The third-order valence-electron chi connectivity index (χ3n) is 1.80. The lowest BCUT2D eigenvalue weighted by Gasteiger charge is -2.04. The van der Waals surface area contributed by atoms with Crippen LogP contribution in [0.4, 0.5) is 0 Å². The van der Waals surface area contributed by atoms with Gasteiger partial charge in [-0.15, -0.1) is 0 Å². The van der Waals surface area contributed by atoms with Crippen LogP contribution in [0.5, 0.6) is 0 Å². The number of esters is 1. The van der Waals surface area contributed by atoms with Gasteiger partial charge in [-0.3, -0.25) is 0 Å². The molecule has 1 rings (SSSR count). The molecule has 80 valence electrons. The number of benzene rings is 1. The van der Waals surface area contributed by atoms with Gasteiger partial charge < -0.3 is 9.47 Å². The lowest BCUT2D eigenvalue weighted by atomic mass is 10.1. The summed E-state index contributed by atoms with van der Waals surface area (Å²) in [6.07, 6.45) is 3.22. The number of hydrogen-bond donors (Lipinski definition) is 0. The molecular weight excluding hydrogens is 260 g/mol. The van der Waals surface area contributed by atoms with E-state index < -0.39 is 0 Å². The summed E-state index contributed by atoms with van der Waals surface area (Å²) in [4.78, 5) is 11.4. The average Bonchev–Trinajstić information content (AvgIpc) is 2.26. The molecule has 0 bridgehead atoms. The maximum Gasteiger partial charge on any atom is 0.338 e. The first-order valence-corrected chi connectivity index (χ1v) is 5.05. The third-order valence-corrected chi connectivity index (χ3v) is 2.30. The molecule has 0 atom stereocenters. The Balaban J connectivity index is 3.14. The van der Waals surface area contributed by atoms with Gasteiger partial charge in [0, 0.05) is 4.47 Å². The molecule has 0 spiro atoms. The molecule has 0 aliphatic rings. The van der Waals surface area contributed by atoms with Crippen molar-refractivity contribution in [1.82, 2.24) is 0 Å². The number of hydrogen-bond acceptors (Lipinski definition) is 3. The Hall–Kier alpha value is -1.29. The molecule has 0 aliphatic carbocycles. The van der Waals surface area contributed by atoms with Gasteiger partial charge in [-0.1, -0.05) is 22.0 Å². The quantitative estimate of drug-likeness (QED) is 0.626. The van der Waals surface area contributed by atoms with Crippen molar-refractivity contribution in [3.63, 3.8) is 0 Å². The summed E-state index contributed by atoms with van der Waals surface area (Å²) in [5.41, 5.74) is 1.26. The summed E-state index contributed by atoms with van der Waals surface area (Å²) in [5.74, 6) is -0.368. The van der Waals surface area contributed by atoms with Crippen LogP contribution in [0.15, 0.2) is 28.9 Å². The van der Waals surface area contributed by atoms with Crippen LogP contribution in [0, 0.1) is 0 Å². The standard InChI is InChI=1S/C11H11BrO3/c1-14-6-5-8-3-4-9(12)7-10(8)11(13)15-2/h3-7H,1-2H3/b6-5+. The van der Waals surface area contributed by atoms with Gasteiger partial charge in [0.05, 0.1) is 26.0 Å². The second kappa shape index (κ2) is 5.56. The molecule has 0 heterocycles. The van der Waals surface area contributed by atoms with Crippen LogP contribution in [0.25, 0.3) is 6.08 Å². The molecule has 4 heteroatoms. The van der Waals surface area contributed by atoms with Gasteiger partial charge in [0.1, 0.15) is 0 Å². The van der Waals surface area contributed by atoms with E-state index in [2.05, 4.69) is 20.7 Å². The van der Waals surface area contributed by atoms with Gasteiger partial charge in [0.15, 0.2) is 0 Å². The average molecular weight is 271 g/mol. The predicted octanol–water partition coefficient (Wildman–Crippen LogP) is 2.85. The van der Waals surface area contributed by atoms with E-state index in [0.717, 1.165) is 10.0 Å². The normalized spacial score (nSPS) is 10.3. The summed E-state index contributed by atoms with van der Waals surface area (Å²) in [5, 5.41) is 0. The van der Waals surface area contributed by atoms with Crippen molar-refractivity contribution in [2.75, 3.05) is 14.2 Å². The van der Waals surface area contributed by atoms with E-state index >= 15 is 0 Å². The van der Waals surface area contributed by atoms with Crippen LogP contribution >= 0.6 is 15.9 Å². The monoisotopic (exact) mass is 270 g/mol. The van der Waals surface area contributed by atoms with Crippen molar-refractivity contribution in [3.05, 3.63) is 40.1 Å². The maximum atomic E-state index is 11.4. The van der Waals surface area contributed by atoms with E-state index in [1.807, 2.05) is 12.1 Å². The Kier molecular flexibility index (Phi) is 4.37. The molecule has 0 radical (unpaired) electrons. The molecule has 0 N–H and O–H groups in total. The first-order chi connectivity index (χ1) is 7.19. The summed E-state index contributed by atoms with van der Waals surface area (Å²) in [6, 6.07) is 5.37. The van der Waals surface area contributed by atoms with Gasteiger partial charge in [0.2, 0.25) is 0 Å². The second-order valence-electron chi connectivity index (χ2n) is 2.76. The molecule has 0 saturated heterocycles. The highest BCUT2D eigenvalue weighted by Gasteiger charge is 2.10. The van der Waals surface area contributed by atoms with E-state index in [-0.39, 0.29) is 5.97 Å². The molecule has 1 aromatic carbocycles. The Morgan fingerprint density at radius 1 is 1.40 bits per heavy atom. The van der Waals surface area contributed by atoms with Gasteiger partial charge in [-0.05, 0) is 23.8 Å². The Bertz CT molecular complexity index is 385. The van der Waals surface area contributed by atoms with Crippen molar-refractivity contribution in [2.45, 2.75) is 0 Å². The van der Waals surface area contributed by atoms with E-state index in [1.165, 1.54) is 13.4 Å². The fraction of sp³-hybridized carbons (Fsp3) is 0.182. The van der Waals surface area contributed by atoms with Crippen LogP contribution in [-0.4, -0.2) is 20.2 Å². The molecular formula is C11H11BrO3. The smallest absolute Gasteiger partial charge is 0.338 e. The number of methoxy groups -OCH3 is 2. The molecule has 0 amide bonds. The molecule has 1 aromatic rings. The Morgan fingerprint density at radius 2 is 2.13 bits per heavy atom. The highest BCUT2D eigenvalue weighted by molar-refractivity contribution is 9.10. The first-order valence-electron chi connectivity index (χ1n) is 4.26. The maximum absolute atomic E-state index is 11.4.